The molecule has 1 aromatic heterocycles. The normalized spacial score (nSPS) is 12.1. The van der Waals surface area contributed by atoms with Crippen molar-refractivity contribution in [3.63, 3.8) is 0 Å². The maximum atomic E-state index is 6.30. The molecule has 0 fully saturated rings. The molecule has 0 aliphatic heterocycles. The molecule has 1 aliphatic carbocycles. The zero-order chi connectivity index (χ0) is 25.5. The second-order valence-corrected chi connectivity index (χ2v) is 10.5. The van der Waals surface area contributed by atoms with Gasteiger partial charge >= 0.3 is 0 Å². The van der Waals surface area contributed by atoms with Crippen LogP contribution in [0.5, 0.6) is 0 Å². The largest absolute Gasteiger partial charge is 0.456 e. The van der Waals surface area contributed by atoms with E-state index in [1.54, 1.807) is 0 Å². The third kappa shape index (κ3) is 2.90. The van der Waals surface area contributed by atoms with Gasteiger partial charge in [0.25, 0.3) is 0 Å². The third-order valence-corrected chi connectivity index (χ3v) is 8.43. The summed E-state index contributed by atoms with van der Waals surface area (Å²) in [6.07, 6.45) is 0. The lowest BCUT2D eigenvalue weighted by Crippen LogP contribution is -1.84. The van der Waals surface area contributed by atoms with Crippen LogP contribution in [0.15, 0.2) is 138 Å². The lowest BCUT2D eigenvalue weighted by atomic mass is 9.93. The van der Waals surface area contributed by atoms with E-state index < -0.39 is 0 Å². The smallest absolute Gasteiger partial charge is 0.135 e. The summed E-state index contributed by atoms with van der Waals surface area (Å²) in [6, 6.07) is 48.3. The monoisotopic (exact) mass is 494 g/mol. The third-order valence-electron chi connectivity index (χ3n) is 8.43. The van der Waals surface area contributed by atoms with Gasteiger partial charge in [0, 0.05) is 10.8 Å². The summed E-state index contributed by atoms with van der Waals surface area (Å²) >= 11 is 0. The van der Waals surface area contributed by atoms with Gasteiger partial charge in [0.15, 0.2) is 0 Å². The van der Waals surface area contributed by atoms with Crippen molar-refractivity contribution in [2.24, 2.45) is 0 Å². The summed E-state index contributed by atoms with van der Waals surface area (Å²) in [5.74, 6) is 0. The van der Waals surface area contributed by atoms with Crippen LogP contribution in [0.3, 0.4) is 0 Å². The molecule has 1 nitrogen and oxygen atoms in total. The van der Waals surface area contributed by atoms with Crippen LogP contribution >= 0.6 is 0 Å². The number of benzene rings is 7. The van der Waals surface area contributed by atoms with Crippen molar-refractivity contribution in [3.8, 4) is 44.5 Å². The van der Waals surface area contributed by atoms with E-state index in [0.717, 1.165) is 21.9 Å². The van der Waals surface area contributed by atoms with E-state index in [4.69, 9.17) is 4.42 Å². The highest BCUT2D eigenvalue weighted by Crippen LogP contribution is 2.49. The number of furan rings is 1. The Kier molecular flexibility index (Phi) is 4.11. The topological polar surface area (TPSA) is 13.1 Å². The minimum Gasteiger partial charge on any atom is -0.456 e. The van der Waals surface area contributed by atoms with E-state index in [2.05, 4.69) is 133 Å². The SMILES string of the molecule is c1ccc2c(c1)-c1cccc3c(-c4ccc5oc6ccc(-c7cccc8ccccc78)cc6c5c4)ccc-2c13. The van der Waals surface area contributed by atoms with E-state index in [9.17, 15) is 0 Å². The average molecular weight is 495 g/mol. The molecule has 8 aromatic rings. The molecule has 0 spiro atoms. The first-order valence-electron chi connectivity index (χ1n) is 13.4. The number of hydrogen-bond acceptors (Lipinski definition) is 1. The molecule has 0 saturated heterocycles. The molecule has 0 saturated carbocycles. The van der Waals surface area contributed by atoms with Crippen LogP contribution in [0, 0.1) is 0 Å². The van der Waals surface area contributed by atoms with Crippen LogP contribution in [0.4, 0.5) is 0 Å². The van der Waals surface area contributed by atoms with Crippen LogP contribution < -0.4 is 0 Å². The average Bonchev–Trinajstić information content (AvgIpc) is 3.53. The second kappa shape index (κ2) is 7.69. The van der Waals surface area contributed by atoms with Gasteiger partial charge in [-0.15, -0.1) is 0 Å². The van der Waals surface area contributed by atoms with Gasteiger partial charge in [-0.3, -0.25) is 0 Å². The molecule has 9 rings (SSSR count). The highest BCUT2D eigenvalue weighted by atomic mass is 16.3. The molecular formula is C38H22O. The van der Waals surface area contributed by atoms with Crippen LogP contribution in [0.2, 0.25) is 0 Å². The summed E-state index contributed by atoms with van der Waals surface area (Å²) in [5, 5.41) is 7.47. The zero-order valence-electron chi connectivity index (χ0n) is 21.1. The van der Waals surface area contributed by atoms with Gasteiger partial charge in [0.05, 0.1) is 0 Å². The Morgan fingerprint density at radius 1 is 0.333 bits per heavy atom. The van der Waals surface area contributed by atoms with Crippen molar-refractivity contribution in [1.82, 2.24) is 0 Å². The molecule has 1 heteroatoms. The predicted octanol–water partition coefficient (Wildman–Crippen LogP) is 10.9. The minimum absolute atomic E-state index is 0.919. The lowest BCUT2D eigenvalue weighted by Gasteiger charge is -2.10. The maximum absolute atomic E-state index is 6.30. The fourth-order valence-corrected chi connectivity index (χ4v) is 6.65. The van der Waals surface area contributed by atoms with Gasteiger partial charge in [-0.2, -0.15) is 0 Å². The molecule has 0 bridgehead atoms. The second-order valence-electron chi connectivity index (χ2n) is 10.5. The molecule has 7 aromatic carbocycles. The first-order valence-corrected chi connectivity index (χ1v) is 13.4. The zero-order valence-corrected chi connectivity index (χ0v) is 21.1. The summed E-state index contributed by atoms with van der Waals surface area (Å²) in [7, 11) is 0. The van der Waals surface area contributed by atoms with Crippen molar-refractivity contribution < 1.29 is 4.42 Å². The van der Waals surface area contributed by atoms with Crippen LogP contribution in [0.25, 0.3) is 88.0 Å². The number of rotatable bonds is 2. The van der Waals surface area contributed by atoms with Crippen molar-refractivity contribution in [1.29, 1.82) is 0 Å². The molecule has 1 aliphatic rings. The van der Waals surface area contributed by atoms with Crippen molar-refractivity contribution in [2.75, 3.05) is 0 Å². The summed E-state index contributed by atoms with van der Waals surface area (Å²) in [6.45, 7) is 0. The molecule has 0 N–H and O–H groups in total. The first kappa shape index (κ1) is 20.9. The molecule has 1 heterocycles. The Labute approximate surface area is 225 Å². The van der Waals surface area contributed by atoms with E-state index in [1.807, 2.05) is 0 Å². The first-order chi connectivity index (χ1) is 19.3. The Morgan fingerprint density at radius 3 is 1.62 bits per heavy atom. The number of fused-ring (bicyclic) bond motifs is 7. The molecule has 0 unspecified atom stereocenters. The fraction of sp³-hybridized carbons (Fsp3) is 0. The summed E-state index contributed by atoms with van der Waals surface area (Å²) in [4.78, 5) is 0. The van der Waals surface area contributed by atoms with Gasteiger partial charge in [-0.05, 0) is 90.3 Å². The Bertz CT molecular complexity index is 2250. The van der Waals surface area contributed by atoms with Crippen molar-refractivity contribution >= 4 is 43.5 Å². The van der Waals surface area contributed by atoms with Gasteiger partial charge in [-0.1, -0.05) is 109 Å². The molecule has 0 atom stereocenters. The van der Waals surface area contributed by atoms with Crippen molar-refractivity contribution in [2.45, 2.75) is 0 Å². The minimum atomic E-state index is 0.919. The van der Waals surface area contributed by atoms with Crippen LogP contribution in [-0.2, 0) is 0 Å². The predicted molar refractivity (Wildman–Crippen MR) is 164 cm³/mol. The molecular weight excluding hydrogens is 472 g/mol. The quantitative estimate of drug-likeness (QED) is 0.233. The van der Waals surface area contributed by atoms with E-state index in [-0.39, 0.29) is 0 Å². The van der Waals surface area contributed by atoms with E-state index in [0.29, 0.717) is 0 Å². The van der Waals surface area contributed by atoms with Gasteiger partial charge < -0.3 is 4.42 Å². The van der Waals surface area contributed by atoms with Crippen LogP contribution in [0.1, 0.15) is 0 Å². The Morgan fingerprint density at radius 2 is 0.846 bits per heavy atom. The van der Waals surface area contributed by atoms with Gasteiger partial charge in [0.2, 0.25) is 0 Å². The maximum Gasteiger partial charge on any atom is 0.135 e. The molecule has 39 heavy (non-hydrogen) atoms. The lowest BCUT2D eigenvalue weighted by molar-refractivity contribution is 0.669. The molecule has 0 amide bonds. The Balaban J connectivity index is 1.26. The summed E-state index contributed by atoms with van der Waals surface area (Å²) < 4.78 is 6.30. The van der Waals surface area contributed by atoms with E-state index in [1.165, 1.54) is 66.1 Å². The van der Waals surface area contributed by atoms with Crippen molar-refractivity contribution in [3.05, 3.63) is 133 Å². The van der Waals surface area contributed by atoms with Crippen LogP contribution in [-0.4, -0.2) is 0 Å². The standard InChI is InChI=1S/C38H22O/c1-2-9-26-23(7-1)8-5-12-27(26)24-15-19-36-34(21-24)35-22-25(16-20-37(35)39-36)28-17-18-33-30-11-4-3-10-29(30)32-14-6-13-31(28)38(32)33/h1-22H. The highest BCUT2D eigenvalue weighted by molar-refractivity contribution is 6.19. The van der Waals surface area contributed by atoms with E-state index >= 15 is 0 Å². The highest BCUT2D eigenvalue weighted by Gasteiger charge is 2.22. The molecule has 0 radical (unpaired) electrons. The van der Waals surface area contributed by atoms with Gasteiger partial charge in [-0.25, -0.2) is 0 Å². The van der Waals surface area contributed by atoms with Gasteiger partial charge in [0.1, 0.15) is 11.2 Å². The summed E-state index contributed by atoms with van der Waals surface area (Å²) in [5.41, 5.74) is 12.1. The Hall–Kier alpha value is -5.14. The molecule has 180 valence electrons. The fourth-order valence-electron chi connectivity index (χ4n) is 6.65. The number of hydrogen-bond donors (Lipinski definition) is 0.